The second-order valence-electron chi connectivity index (χ2n) is 7.51. The maximum atomic E-state index is 13.1. The van der Waals surface area contributed by atoms with Crippen molar-refractivity contribution in [2.75, 3.05) is 26.3 Å². The highest BCUT2D eigenvalue weighted by atomic mass is 19.4. The first-order valence-corrected chi connectivity index (χ1v) is 9.98. The number of halogens is 3. The van der Waals surface area contributed by atoms with Gasteiger partial charge in [-0.1, -0.05) is 30.3 Å². The van der Waals surface area contributed by atoms with E-state index in [0.717, 1.165) is 42.9 Å². The summed E-state index contributed by atoms with van der Waals surface area (Å²) in [6.07, 6.45) is -2.96. The van der Waals surface area contributed by atoms with Crippen molar-refractivity contribution in [2.45, 2.75) is 19.6 Å². The van der Waals surface area contributed by atoms with Crippen LogP contribution in [0.2, 0.25) is 0 Å². The summed E-state index contributed by atoms with van der Waals surface area (Å²) >= 11 is 0. The van der Waals surface area contributed by atoms with Gasteiger partial charge in [0, 0.05) is 43.9 Å². The molecule has 0 N–H and O–H groups in total. The van der Waals surface area contributed by atoms with Gasteiger partial charge in [0.2, 0.25) is 5.91 Å². The molecule has 31 heavy (non-hydrogen) atoms. The third kappa shape index (κ3) is 4.86. The SMILES string of the molecule is CC(=O)n1cc(-c2cccc(C(F)(F)F)c2)nc1-c1cccc(CN2CCOCC2)c1. The molecule has 4 rings (SSSR count). The fourth-order valence-corrected chi connectivity index (χ4v) is 3.64. The van der Waals surface area contributed by atoms with Gasteiger partial charge >= 0.3 is 6.18 Å². The number of nitrogens with zero attached hydrogens (tertiary/aromatic N) is 3. The minimum absolute atomic E-state index is 0.265. The molecular weight excluding hydrogens is 407 g/mol. The normalized spacial score (nSPS) is 15.2. The van der Waals surface area contributed by atoms with Crippen molar-refractivity contribution >= 4 is 5.91 Å². The van der Waals surface area contributed by atoms with E-state index >= 15 is 0 Å². The fourth-order valence-electron chi connectivity index (χ4n) is 3.64. The summed E-state index contributed by atoms with van der Waals surface area (Å²) in [4.78, 5) is 19.0. The molecule has 1 aliphatic heterocycles. The number of imidazole rings is 1. The Balaban J connectivity index is 1.69. The molecular formula is C23H22F3N3O2. The number of rotatable bonds is 4. The van der Waals surface area contributed by atoms with Gasteiger partial charge in [-0.15, -0.1) is 0 Å². The molecule has 1 aliphatic rings. The Morgan fingerprint density at radius 2 is 1.77 bits per heavy atom. The van der Waals surface area contributed by atoms with Crippen molar-refractivity contribution in [3.63, 3.8) is 0 Å². The van der Waals surface area contributed by atoms with Crippen molar-refractivity contribution in [3.05, 3.63) is 65.9 Å². The molecule has 8 heteroatoms. The third-order valence-corrected chi connectivity index (χ3v) is 5.23. The fraction of sp³-hybridized carbons (Fsp3) is 0.304. The highest BCUT2D eigenvalue weighted by molar-refractivity contribution is 5.83. The molecule has 5 nitrogen and oxygen atoms in total. The zero-order valence-electron chi connectivity index (χ0n) is 17.0. The molecule has 162 valence electrons. The van der Waals surface area contributed by atoms with Gasteiger partial charge < -0.3 is 4.74 Å². The number of benzene rings is 2. The third-order valence-electron chi connectivity index (χ3n) is 5.23. The summed E-state index contributed by atoms with van der Waals surface area (Å²) in [7, 11) is 0. The second-order valence-corrected chi connectivity index (χ2v) is 7.51. The standard InChI is InChI=1S/C23H22F3N3O2/c1-16(30)29-15-21(18-5-3-7-20(13-18)23(24,25)26)27-22(29)19-6-2-4-17(12-19)14-28-8-10-31-11-9-28/h2-7,12-13,15H,8-11,14H2,1H3. The summed E-state index contributed by atoms with van der Waals surface area (Å²) in [5.41, 5.74) is 1.67. The van der Waals surface area contributed by atoms with Gasteiger partial charge in [-0.3, -0.25) is 14.3 Å². The van der Waals surface area contributed by atoms with Crippen LogP contribution >= 0.6 is 0 Å². The second kappa shape index (κ2) is 8.64. The Labute approximate surface area is 178 Å². The smallest absolute Gasteiger partial charge is 0.379 e. The Bertz CT molecular complexity index is 1090. The lowest BCUT2D eigenvalue weighted by Crippen LogP contribution is -2.35. The van der Waals surface area contributed by atoms with Gasteiger partial charge in [-0.2, -0.15) is 13.2 Å². The Kier molecular flexibility index (Phi) is 5.93. The molecule has 1 fully saturated rings. The highest BCUT2D eigenvalue weighted by Gasteiger charge is 2.30. The van der Waals surface area contributed by atoms with E-state index in [1.165, 1.54) is 23.8 Å². The molecule has 1 saturated heterocycles. The summed E-state index contributed by atoms with van der Waals surface area (Å²) in [6.45, 7) is 5.26. The summed E-state index contributed by atoms with van der Waals surface area (Å²) in [5, 5.41) is 0. The van der Waals surface area contributed by atoms with Crippen LogP contribution in [-0.2, 0) is 17.5 Å². The summed E-state index contributed by atoms with van der Waals surface area (Å²) < 4.78 is 46.1. The number of hydrogen-bond donors (Lipinski definition) is 0. The molecule has 0 amide bonds. The van der Waals surface area contributed by atoms with Gasteiger partial charge in [0.1, 0.15) is 5.82 Å². The average Bonchev–Trinajstić information content (AvgIpc) is 3.20. The van der Waals surface area contributed by atoms with E-state index in [2.05, 4.69) is 9.88 Å². The lowest BCUT2D eigenvalue weighted by Gasteiger charge is -2.26. The van der Waals surface area contributed by atoms with E-state index in [1.807, 2.05) is 24.3 Å². The van der Waals surface area contributed by atoms with Crippen LogP contribution in [0.3, 0.4) is 0 Å². The van der Waals surface area contributed by atoms with Crippen molar-refractivity contribution in [3.8, 4) is 22.6 Å². The molecule has 0 unspecified atom stereocenters. The lowest BCUT2D eigenvalue weighted by atomic mass is 10.1. The molecule has 2 aromatic carbocycles. The van der Waals surface area contributed by atoms with Crippen LogP contribution in [0.15, 0.2) is 54.7 Å². The van der Waals surface area contributed by atoms with E-state index in [4.69, 9.17) is 4.74 Å². The van der Waals surface area contributed by atoms with E-state index in [9.17, 15) is 18.0 Å². The van der Waals surface area contributed by atoms with Crippen LogP contribution in [0, 0.1) is 0 Å². The predicted molar refractivity (Wildman–Crippen MR) is 110 cm³/mol. The van der Waals surface area contributed by atoms with Crippen LogP contribution in [-0.4, -0.2) is 46.7 Å². The topological polar surface area (TPSA) is 47.4 Å². The van der Waals surface area contributed by atoms with Gasteiger partial charge in [0.05, 0.1) is 24.5 Å². The minimum atomic E-state index is -4.45. The first-order chi connectivity index (χ1) is 14.8. The molecule has 3 aromatic rings. The van der Waals surface area contributed by atoms with Crippen molar-refractivity contribution in [2.24, 2.45) is 0 Å². The maximum Gasteiger partial charge on any atom is 0.416 e. The van der Waals surface area contributed by atoms with Crippen LogP contribution in [0.5, 0.6) is 0 Å². The quantitative estimate of drug-likeness (QED) is 0.602. The number of alkyl halides is 3. The van der Waals surface area contributed by atoms with Crippen molar-refractivity contribution in [1.82, 2.24) is 14.5 Å². The van der Waals surface area contributed by atoms with Crippen molar-refractivity contribution < 1.29 is 22.7 Å². The number of carbonyl (C=O) groups excluding carboxylic acids is 1. The first kappa shape index (κ1) is 21.3. The predicted octanol–water partition coefficient (Wildman–Crippen LogP) is 4.73. The van der Waals surface area contributed by atoms with Gasteiger partial charge in [0.25, 0.3) is 0 Å². The van der Waals surface area contributed by atoms with Crippen LogP contribution in [0.25, 0.3) is 22.6 Å². The number of hydrogen-bond acceptors (Lipinski definition) is 4. The molecule has 0 saturated carbocycles. The largest absolute Gasteiger partial charge is 0.416 e. The molecule has 0 bridgehead atoms. The molecule has 0 aliphatic carbocycles. The zero-order chi connectivity index (χ0) is 22.0. The monoisotopic (exact) mass is 429 g/mol. The number of aromatic nitrogens is 2. The van der Waals surface area contributed by atoms with E-state index < -0.39 is 11.7 Å². The Morgan fingerprint density at radius 3 is 2.48 bits per heavy atom. The number of carbonyl (C=O) groups is 1. The molecule has 0 radical (unpaired) electrons. The molecule has 0 atom stereocenters. The van der Waals surface area contributed by atoms with Gasteiger partial charge in [-0.25, -0.2) is 4.98 Å². The lowest BCUT2D eigenvalue weighted by molar-refractivity contribution is -0.137. The van der Waals surface area contributed by atoms with Gasteiger partial charge in [0.15, 0.2) is 0 Å². The van der Waals surface area contributed by atoms with Crippen LogP contribution < -0.4 is 0 Å². The zero-order valence-corrected chi connectivity index (χ0v) is 17.0. The highest BCUT2D eigenvalue weighted by Crippen LogP contribution is 2.33. The Hall–Kier alpha value is -2.97. The van der Waals surface area contributed by atoms with Crippen LogP contribution in [0.4, 0.5) is 13.2 Å². The van der Waals surface area contributed by atoms with Crippen LogP contribution in [0.1, 0.15) is 22.8 Å². The number of ether oxygens (including phenoxy) is 1. The summed E-state index contributed by atoms with van der Waals surface area (Å²) in [6, 6.07) is 12.7. The maximum absolute atomic E-state index is 13.1. The van der Waals surface area contributed by atoms with Crippen molar-refractivity contribution in [1.29, 1.82) is 0 Å². The Morgan fingerprint density at radius 1 is 1.06 bits per heavy atom. The van der Waals surface area contributed by atoms with E-state index in [-0.39, 0.29) is 5.91 Å². The van der Waals surface area contributed by atoms with E-state index in [1.54, 1.807) is 6.07 Å². The van der Waals surface area contributed by atoms with Gasteiger partial charge in [-0.05, 0) is 23.8 Å². The molecule has 2 heterocycles. The van der Waals surface area contributed by atoms with E-state index in [0.29, 0.717) is 30.3 Å². The average molecular weight is 429 g/mol. The minimum Gasteiger partial charge on any atom is -0.379 e. The molecule has 1 aromatic heterocycles. The molecule has 0 spiro atoms. The first-order valence-electron chi connectivity index (χ1n) is 9.98. The number of morpholine rings is 1. The summed E-state index contributed by atoms with van der Waals surface area (Å²) in [5.74, 6) is 0.142.